The number of hydrogen-bond acceptors (Lipinski definition) is 4. The standard InChI is InChI=1S/C17H25N5/c1-2-8-21(9-3-1)12-15-10-20-17-11-19-16(13-22(15)17)14-4-6-18-7-5-14/h10-11,13-14,18H,1-9,12H2. The highest BCUT2D eigenvalue weighted by Crippen LogP contribution is 2.24. The van der Waals surface area contributed by atoms with Crippen LogP contribution in [0.15, 0.2) is 18.6 Å². The Bertz CT molecular complexity index is 623. The molecule has 0 radical (unpaired) electrons. The number of imidazole rings is 1. The number of nitrogens with zero attached hydrogens (tertiary/aromatic N) is 4. The Hall–Kier alpha value is -1.46. The molecule has 0 aliphatic carbocycles. The number of rotatable bonds is 3. The van der Waals surface area contributed by atoms with E-state index in [1.54, 1.807) is 0 Å². The fourth-order valence-electron chi connectivity index (χ4n) is 3.75. The molecule has 22 heavy (non-hydrogen) atoms. The van der Waals surface area contributed by atoms with Crippen LogP contribution < -0.4 is 5.32 Å². The zero-order valence-corrected chi connectivity index (χ0v) is 13.2. The lowest BCUT2D eigenvalue weighted by Crippen LogP contribution is -2.29. The average Bonchev–Trinajstić information content (AvgIpc) is 2.99. The van der Waals surface area contributed by atoms with Gasteiger partial charge in [0, 0.05) is 18.7 Å². The van der Waals surface area contributed by atoms with E-state index in [1.807, 2.05) is 12.4 Å². The van der Waals surface area contributed by atoms with Crippen molar-refractivity contribution in [2.75, 3.05) is 26.2 Å². The maximum Gasteiger partial charge on any atom is 0.155 e. The Morgan fingerprint density at radius 2 is 1.86 bits per heavy atom. The molecule has 118 valence electrons. The van der Waals surface area contributed by atoms with Crippen LogP contribution in [0.2, 0.25) is 0 Å². The lowest BCUT2D eigenvalue weighted by molar-refractivity contribution is 0.218. The SMILES string of the molecule is c1nc2cnc(C3CCNCC3)cn2c1CN1CCCCC1. The first-order chi connectivity index (χ1) is 10.9. The van der Waals surface area contributed by atoms with Crippen LogP contribution in [0.25, 0.3) is 5.65 Å². The summed E-state index contributed by atoms with van der Waals surface area (Å²) in [7, 11) is 0. The molecule has 2 aromatic heterocycles. The zero-order chi connectivity index (χ0) is 14.8. The van der Waals surface area contributed by atoms with Crippen molar-refractivity contribution in [1.82, 2.24) is 24.6 Å². The number of hydrogen-bond donors (Lipinski definition) is 1. The predicted molar refractivity (Wildman–Crippen MR) is 87.0 cm³/mol. The summed E-state index contributed by atoms with van der Waals surface area (Å²) in [6.07, 6.45) is 12.6. The Morgan fingerprint density at radius 3 is 2.68 bits per heavy atom. The van der Waals surface area contributed by atoms with Gasteiger partial charge in [0.25, 0.3) is 0 Å². The Labute approximate surface area is 131 Å². The van der Waals surface area contributed by atoms with Crippen LogP contribution >= 0.6 is 0 Å². The van der Waals surface area contributed by atoms with Crippen molar-refractivity contribution in [3.05, 3.63) is 30.0 Å². The van der Waals surface area contributed by atoms with E-state index in [-0.39, 0.29) is 0 Å². The molecule has 0 amide bonds. The molecule has 2 aliphatic rings. The van der Waals surface area contributed by atoms with E-state index in [1.165, 1.54) is 56.6 Å². The van der Waals surface area contributed by atoms with Gasteiger partial charge in [0.1, 0.15) is 0 Å². The van der Waals surface area contributed by atoms with E-state index in [4.69, 9.17) is 0 Å². The summed E-state index contributed by atoms with van der Waals surface area (Å²) in [5.74, 6) is 0.593. The Morgan fingerprint density at radius 1 is 1.05 bits per heavy atom. The topological polar surface area (TPSA) is 45.5 Å². The summed E-state index contributed by atoms with van der Waals surface area (Å²) in [6.45, 7) is 5.67. The molecule has 1 N–H and O–H groups in total. The summed E-state index contributed by atoms with van der Waals surface area (Å²) < 4.78 is 2.26. The molecule has 5 nitrogen and oxygen atoms in total. The second-order valence-corrected chi connectivity index (χ2v) is 6.65. The molecule has 0 unspecified atom stereocenters. The van der Waals surface area contributed by atoms with Crippen molar-refractivity contribution in [2.45, 2.75) is 44.6 Å². The highest BCUT2D eigenvalue weighted by Gasteiger charge is 2.18. The summed E-state index contributed by atoms with van der Waals surface area (Å²) in [4.78, 5) is 11.8. The molecule has 2 aliphatic heterocycles. The van der Waals surface area contributed by atoms with Gasteiger partial charge in [-0.3, -0.25) is 14.3 Å². The van der Waals surface area contributed by atoms with Crippen LogP contribution in [-0.2, 0) is 6.54 Å². The van der Waals surface area contributed by atoms with E-state index >= 15 is 0 Å². The van der Waals surface area contributed by atoms with Crippen molar-refractivity contribution < 1.29 is 0 Å². The summed E-state index contributed by atoms with van der Waals surface area (Å²) >= 11 is 0. The molecule has 4 heterocycles. The second-order valence-electron chi connectivity index (χ2n) is 6.65. The number of likely N-dealkylation sites (tertiary alicyclic amines) is 1. The third kappa shape index (κ3) is 2.88. The van der Waals surface area contributed by atoms with E-state index in [2.05, 4.69) is 30.8 Å². The van der Waals surface area contributed by atoms with Gasteiger partial charge in [0.2, 0.25) is 0 Å². The molecule has 0 saturated carbocycles. The van der Waals surface area contributed by atoms with Crippen LogP contribution in [-0.4, -0.2) is 45.4 Å². The van der Waals surface area contributed by atoms with Gasteiger partial charge in [0.15, 0.2) is 5.65 Å². The minimum absolute atomic E-state index is 0.593. The molecule has 0 atom stereocenters. The van der Waals surface area contributed by atoms with Gasteiger partial charge in [-0.15, -0.1) is 0 Å². The lowest BCUT2D eigenvalue weighted by atomic mass is 9.95. The number of fused-ring (bicyclic) bond motifs is 1. The van der Waals surface area contributed by atoms with E-state index in [0.717, 1.165) is 25.3 Å². The van der Waals surface area contributed by atoms with Gasteiger partial charge in [-0.25, -0.2) is 4.98 Å². The van der Waals surface area contributed by atoms with Gasteiger partial charge in [-0.2, -0.15) is 0 Å². The molecule has 0 bridgehead atoms. The predicted octanol–water partition coefficient (Wildman–Crippen LogP) is 2.18. The molecule has 2 fully saturated rings. The first-order valence-electron chi connectivity index (χ1n) is 8.65. The molecular weight excluding hydrogens is 274 g/mol. The second kappa shape index (κ2) is 6.34. The molecular formula is C17H25N5. The highest BCUT2D eigenvalue weighted by molar-refractivity contribution is 5.38. The fourth-order valence-corrected chi connectivity index (χ4v) is 3.75. The monoisotopic (exact) mass is 299 g/mol. The van der Waals surface area contributed by atoms with Crippen molar-refractivity contribution in [3.63, 3.8) is 0 Å². The quantitative estimate of drug-likeness (QED) is 0.943. The van der Waals surface area contributed by atoms with Gasteiger partial charge in [-0.1, -0.05) is 6.42 Å². The highest BCUT2D eigenvalue weighted by atomic mass is 15.2. The van der Waals surface area contributed by atoms with Gasteiger partial charge in [-0.05, 0) is 51.9 Å². The van der Waals surface area contributed by atoms with Crippen molar-refractivity contribution >= 4 is 5.65 Å². The minimum Gasteiger partial charge on any atom is -0.317 e. The summed E-state index contributed by atoms with van der Waals surface area (Å²) in [5, 5.41) is 3.43. The third-order valence-electron chi connectivity index (χ3n) is 5.08. The molecule has 0 aromatic carbocycles. The largest absolute Gasteiger partial charge is 0.317 e. The fraction of sp³-hybridized carbons (Fsp3) is 0.647. The molecule has 0 spiro atoms. The Balaban J connectivity index is 1.58. The number of aromatic nitrogens is 3. The average molecular weight is 299 g/mol. The van der Waals surface area contributed by atoms with E-state index in [9.17, 15) is 0 Å². The first-order valence-corrected chi connectivity index (χ1v) is 8.65. The molecule has 2 saturated heterocycles. The number of piperidine rings is 2. The van der Waals surface area contributed by atoms with Crippen LogP contribution in [0.4, 0.5) is 0 Å². The van der Waals surface area contributed by atoms with Crippen molar-refractivity contribution in [2.24, 2.45) is 0 Å². The van der Waals surface area contributed by atoms with E-state index < -0.39 is 0 Å². The van der Waals surface area contributed by atoms with Gasteiger partial charge < -0.3 is 5.32 Å². The first kappa shape index (κ1) is 14.2. The summed E-state index contributed by atoms with van der Waals surface area (Å²) in [5.41, 5.74) is 3.51. The van der Waals surface area contributed by atoms with Crippen molar-refractivity contribution in [3.8, 4) is 0 Å². The van der Waals surface area contributed by atoms with Crippen LogP contribution in [0.3, 0.4) is 0 Å². The number of nitrogens with one attached hydrogen (secondary N) is 1. The normalized spacial score (nSPS) is 21.5. The zero-order valence-electron chi connectivity index (χ0n) is 13.2. The van der Waals surface area contributed by atoms with Crippen LogP contribution in [0.5, 0.6) is 0 Å². The van der Waals surface area contributed by atoms with Crippen LogP contribution in [0, 0.1) is 0 Å². The molecule has 4 rings (SSSR count). The maximum atomic E-state index is 4.67. The van der Waals surface area contributed by atoms with Gasteiger partial charge >= 0.3 is 0 Å². The van der Waals surface area contributed by atoms with Crippen molar-refractivity contribution in [1.29, 1.82) is 0 Å². The van der Waals surface area contributed by atoms with Crippen LogP contribution in [0.1, 0.15) is 49.4 Å². The van der Waals surface area contributed by atoms with E-state index in [0.29, 0.717) is 5.92 Å². The summed E-state index contributed by atoms with van der Waals surface area (Å²) in [6, 6.07) is 0. The third-order valence-corrected chi connectivity index (χ3v) is 5.08. The molecule has 5 heteroatoms. The molecule has 2 aromatic rings. The Kier molecular flexibility index (Phi) is 4.08. The lowest BCUT2D eigenvalue weighted by Gasteiger charge is -2.26. The minimum atomic E-state index is 0.593. The maximum absolute atomic E-state index is 4.67. The van der Waals surface area contributed by atoms with Gasteiger partial charge in [0.05, 0.1) is 23.8 Å². The smallest absolute Gasteiger partial charge is 0.155 e.